The van der Waals surface area contributed by atoms with Crippen LogP contribution >= 0.6 is 7.26 Å². The second-order valence-corrected chi connectivity index (χ2v) is 14.9. The van der Waals surface area contributed by atoms with Gasteiger partial charge in [-0.1, -0.05) is 66.7 Å². The van der Waals surface area contributed by atoms with Crippen LogP contribution in [0.4, 0.5) is 4.79 Å². The Bertz CT molecular complexity index is 1920. The van der Waals surface area contributed by atoms with Crippen molar-refractivity contribution in [3.8, 4) is 0 Å². The lowest BCUT2D eigenvalue weighted by Gasteiger charge is -2.25. The fourth-order valence-electron chi connectivity index (χ4n) is 5.75. The highest BCUT2D eigenvalue weighted by atomic mass is 32.3. The smallest absolute Gasteiger partial charge is 0.346 e. The number of fused-ring (bicyclic) bond motifs is 2. The molecule has 0 spiro atoms. The van der Waals surface area contributed by atoms with Crippen molar-refractivity contribution in [2.75, 3.05) is 13.1 Å². The van der Waals surface area contributed by atoms with E-state index in [0.717, 1.165) is 4.57 Å². The van der Waals surface area contributed by atoms with Crippen molar-refractivity contribution in [3.05, 3.63) is 142 Å². The Morgan fingerprint density at radius 3 is 1.80 bits per heavy atom. The first-order valence-electron chi connectivity index (χ1n) is 14.4. The third-order valence-electron chi connectivity index (χ3n) is 7.82. The molecule has 6 rings (SSSR count). The Balaban J connectivity index is 0.000000182. The largest absolute Gasteiger partial charge is 0.724 e. The van der Waals surface area contributed by atoms with Gasteiger partial charge in [0.05, 0.1) is 17.9 Å². The molecular weight excluding hydrogens is 627 g/mol. The van der Waals surface area contributed by atoms with E-state index in [1.54, 1.807) is 6.08 Å². The molecule has 3 heterocycles. The molecule has 1 saturated heterocycles. The number of aryl methyl sites for hydroxylation is 1. The van der Waals surface area contributed by atoms with Crippen LogP contribution in [0.25, 0.3) is 5.57 Å². The lowest BCUT2D eigenvalue weighted by molar-refractivity contribution is -0.0172. The average molecular weight is 661 g/mol. The van der Waals surface area contributed by atoms with Crippen molar-refractivity contribution in [3.63, 3.8) is 0 Å². The molecule has 1 unspecified atom stereocenters. The second-order valence-electron chi connectivity index (χ2n) is 10.7. The van der Waals surface area contributed by atoms with Gasteiger partial charge in [0.2, 0.25) is 10.4 Å². The molecule has 1 atom stereocenters. The molecule has 0 aliphatic carbocycles. The van der Waals surface area contributed by atoms with Gasteiger partial charge in [0, 0.05) is 26.8 Å². The Morgan fingerprint density at radius 1 is 0.848 bits per heavy atom. The minimum Gasteiger partial charge on any atom is -0.724 e. The summed E-state index contributed by atoms with van der Waals surface area (Å²) in [6, 6.07) is 30.9. The third-order valence-corrected chi connectivity index (χ3v) is 12.2. The minimum absolute atomic E-state index is 0.0617. The van der Waals surface area contributed by atoms with Crippen LogP contribution in [0.3, 0.4) is 0 Å². The molecular formula is C33H33N4O7PS. The number of carbonyl (C=O) groups is 1. The van der Waals surface area contributed by atoms with E-state index >= 15 is 0 Å². The first-order chi connectivity index (χ1) is 22.0. The van der Waals surface area contributed by atoms with Gasteiger partial charge in [0.25, 0.3) is 5.56 Å². The van der Waals surface area contributed by atoms with E-state index in [2.05, 4.69) is 114 Å². The standard InChI is InChI=1S/C21H20P.C12H14N4O7S/c1-2-18-22(19-12-6-3-7-13-19,20-14-8-4-9-15-20)21-16-10-5-11-17-21;1-13-5-8(10(17)14(2)11(13)18)7-3-4-15-6-9(7)16(12(15)19)23-24(20,21)22/h2-18H,1H3;3,5,9H,4,6H2,1-2H3,(H,20,21,22)/q+1;/p-1. The molecule has 0 radical (unpaired) electrons. The van der Waals surface area contributed by atoms with Crippen molar-refractivity contribution in [1.82, 2.24) is 19.1 Å². The molecule has 2 bridgehead atoms. The van der Waals surface area contributed by atoms with Gasteiger partial charge < -0.3 is 14.0 Å². The molecule has 0 saturated carbocycles. The molecule has 3 aromatic carbocycles. The van der Waals surface area contributed by atoms with E-state index in [0.29, 0.717) is 10.6 Å². The number of nitrogens with zero attached hydrogens (tertiary/aromatic N) is 4. The van der Waals surface area contributed by atoms with Crippen molar-refractivity contribution in [2.45, 2.75) is 13.0 Å². The Kier molecular flexibility index (Phi) is 9.55. The van der Waals surface area contributed by atoms with Gasteiger partial charge in [0.15, 0.2) is 0 Å². The van der Waals surface area contributed by atoms with E-state index in [1.165, 1.54) is 45.7 Å². The fourth-order valence-corrected chi connectivity index (χ4v) is 9.90. The number of hydrogen-bond acceptors (Lipinski definition) is 7. The van der Waals surface area contributed by atoms with Gasteiger partial charge in [-0.15, -0.1) is 0 Å². The monoisotopic (exact) mass is 660 g/mol. The van der Waals surface area contributed by atoms with Gasteiger partial charge >= 0.3 is 11.7 Å². The summed E-state index contributed by atoms with van der Waals surface area (Å²) < 4.78 is 38.9. The van der Waals surface area contributed by atoms with E-state index in [9.17, 15) is 27.4 Å². The number of rotatable bonds is 7. The molecule has 46 heavy (non-hydrogen) atoms. The first-order valence-corrected chi connectivity index (χ1v) is 17.6. The van der Waals surface area contributed by atoms with Crippen LogP contribution in [0.2, 0.25) is 0 Å². The van der Waals surface area contributed by atoms with Crippen LogP contribution in [0.5, 0.6) is 0 Å². The van der Waals surface area contributed by atoms with Gasteiger partial charge in [0.1, 0.15) is 29.2 Å². The molecule has 11 nitrogen and oxygen atoms in total. The average Bonchev–Trinajstić information content (AvgIpc) is 3.29. The molecule has 1 aromatic heterocycles. The SMILES string of the molecule is CC=C[P+](c1ccccc1)(c1ccccc1)c1ccccc1.Cn1cc(C2=CCN3CC2N(OS(=O)(=O)[O-])C3=O)c(=O)n(C)c1=O. The van der Waals surface area contributed by atoms with Gasteiger partial charge in [-0.3, -0.25) is 9.36 Å². The summed E-state index contributed by atoms with van der Waals surface area (Å²) >= 11 is 0. The Morgan fingerprint density at radius 2 is 1.35 bits per heavy atom. The first kappa shape index (κ1) is 32.8. The van der Waals surface area contributed by atoms with Crippen LogP contribution in [-0.4, -0.2) is 57.2 Å². The predicted octanol–water partition coefficient (Wildman–Crippen LogP) is 2.49. The van der Waals surface area contributed by atoms with Crippen LogP contribution in [0.1, 0.15) is 12.5 Å². The van der Waals surface area contributed by atoms with Crippen LogP contribution in [-0.2, 0) is 28.8 Å². The summed E-state index contributed by atoms with van der Waals surface area (Å²) in [4.78, 5) is 37.5. The van der Waals surface area contributed by atoms with Crippen molar-refractivity contribution >= 4 is 45.2 Å². The van der Waals surface area contributed by atoms with E-state index < -0.39 is 41.0 Å². The Labute approximate surface area is 267 Å². The van der Waals surface area contributed by atoms with Crippen molar-refractivity contribution in [1.29, 1.82) is 0 Å². The van der Waals surface area contributed by atoms with Crippen LogP contribution in [0.15, 0.2) is 125 Å². The van der Waals surface area contributed by atoms with Crippen molar-refractivity contribution < 1.29 is 22.0 Å². The number of carbonyl (C=O) groups excluding carboxylic acids is 1. The van der Waals surface area contributed by atoms with Gasteiger partial charge in [-0.05, 0) is 48.9 Å². The minimum atomic E-state index is -5.16. The summed E-state index contributed by atoms with van der Waals surface area (Å²) in [5.41, 5.74) is -0.686. The molecule has 2 amide bonds. The predicted molar refractivity (Wildman–Crippen MR) is 178 cm³/mol. The topological polar surface area (TPSA) is 134 Å². The second kappa shape index (κ2) is 13.4. The molecule has 0 N–H and O–H groups in total. The van der Waals surface area contributed by atoms with Gasteiger partial charge in [-0.2, -0.15) is 9.35 Å². The molecule has 1 fully saturated rings. The third kappa shape index (κ3) is 6.38. The summed E-state index contributed by atoms with van der Waals surface area (Å²) in [7, 11) is -4.13. The summed E-state index contributed by atoms with van der Waals surface area (Å²) in [6.45, 7) is 2.30. The number of allylic oxidation sites excluding steroid dienone is 1. The number of aromatic nitrogens is 2. The fraction of sp³-hybridized carbons (Fsp3) is 0.182. The summed E-state index contributed by atoms with van der Waals surface area (Å²) in [5, 5.41) is 4.63. The summed E-state index contributed by atoms with van der Waals surface area (Å²) in [5.74, 6) is 2.41. The van der Waals surface area contributed by atoms with E-state index in [1.807, 2.05) is 0 Å². The maximum atomic E-state index is 12.4. The number of benzene rings is 3. The normalized spacial score (nSPS) is 16.3. The number of urea groups is 1. The lowest BCUT2D eigenvalue weighted by atomic mass is 9.98. The molecule has 4 aromatic rings. The maximum Gasteiger partial charge on any atom is 0.346 e. The lowest BCUT2D eigenvalue weighted by Crippen LogP contribution is -2.41. The van der Waals surface area contributed by atoms with Crippen LogP contribution in [0, 0.1) is 0 Å². The molecule has 2 aliphatic heterocycles. The molecule has 2 aliphatic rings. The quantitative estimate of drug-likeness (QED) is 0.169. The zero-order valence-electron chi connectivity index (χ0n) is 25.5. The van der Waals surface area contributed by atoms with E-state index in [4.69, 9.17) is 0 Å². The molecule has 238 valence electrons. The Hall–Kier alpha value is -4.61. The summed E-state index contributed by atoms with van der Waals surface area (Å²) in [6.07, 6.45) is 5.06. The van der Waals surface area contributed by atoms with E-state index in [-0.39, 0.29) is 18.7 Å². The zero-order chi connectivity index (χ0) is 33.1. The molecule has 13 heteroatoms. The van der Waals surface area contributed by atoms with Crippen molar-refractivity contribution in [2.24, 2.45) is 14.1 Å². The highest BCUT2D eigenvalue weighted by Crippen LogP contribution is 2.56. The van der Waals surface area contributed by atoms with Crippen LogP contribution < -0.4 is 27.2 Å². The van der Waals surface area contributed by atoms with Gasteiger partial charge in [-0.25, -0.2) is 18.0 Å². The highest BCUT2D eigenvalue weighted by Gasteiger charge is 2.45. The number of amides is 2. The number of hydrogen-bond donors (Lipinski definition) is 0. The maximum absolute atomic E-state index is 12.4. The zero-order valence-corrected chi connectivity index (χ0v) is 27.2. The highest BCUT2D eigenvalue weighted by molar-refractivity contribution is 7.98. The number of hydroxylamine groups is 2.